The minimum atomic E-state index is -0.211. The van der Waals surface area contributed by atoms with Crippen LogP contribution in [0.3, 0.4) is 0 Å². The Bertz CT molecular complexity index is 543. The molecule has 0 fully saturated rings. The van der Waals surface area contributed by atoms with E-state index in [2.05, 4.69) is 10.1 Å². The van der Waals surface area contributed by atoms with Gasteiger partial charge in [-0.25, -0.2) is 4.39 Å². The summed E-state index contributed by atoms with van der Waals surface area (Å²) < 4.78 is 18.6. The van der Waals surface area contributed by atoms with Crippen molar-refractivity contribution in [3.8, 4) is 0 Å². The van der Waals surface area contributed by atoms with E-state index in [0.29, 0.717) is 23.8 Å². The molecule has 1 atom stereocenters. The fourth-order valence-electron chi connectivity index (χ4n) is 1.85. The summed E-state index contributed by atoms with van der Waals surface area (Å²) in [6.07, 6.45) is 0. The zero-order valence-electron chi connectivity index (χ0n) is 11.0. The van der Waals surface area contributed by atoms with Gasteiger partial charge in [-0.05, 0) is 20.0 Å². The number of nitrogens with two attached hydrogens (primary N) is 1. The van der Waals surface area contributed by atoms with Crippen molar-refractivity contribution in [3.63, 3.8) is 0 Å². The van der Waals surface area contributed by atoms with Gasteiger partial charge in [-0.3, -0.25) is 4.90 Å². The van der Waals surface area contributed by atoms with Gasteiger partial charge in [0, 0.05) is 11.6 Å². The largest absolute Gasteiger partial charge is 0.338 e. The third kappa shape index (κ3) is 3.15. The normalized spacial score (nSPS) is 12.9. The van der Waals surface area contributed by atoms with E-state index in [1.807, 2.05) is 24.9 Å². The van der Waals surface area contributed by atoms with Crippen molar-refractivity contribution in [2.45, 2.75) is 26.1 Å². The fourth-order valence-corrected chi connectivity index (χ4v) is 1.85. The van der Waals surface area contributed by atoms with Gasteiger partial charge < -0.3 is 10.3 Å². The predicted octanol–water partition coefficient (Wildman–Crippen LogP) is 1.86. The highest BCUT2D eigenvalue weighted by Crippen LogP contribution is 2.22. The van der Waals surface area contributed by atoms with E-state index in [9.17, 15) is 4.39 Å². The molecule has 1 heterocycles. The molecule has 2 N–H and O–H groups in total. The topological polar surface area (TPSA) is 68.2 Å². The summed E-state index contributed by atoms with van der Waals surface area (Å²) in [4.78, 5) is 6.08. The van der Waals surface area contributed by atoms with Crippen LogP contribution >= 0.6 is 0 Å². The van der Waals surface area contributed by atoms with E-state index in [1.54, 1.807) is 12.1 Å². The average Bonchev–Trinajstić information content (AvgIpc) is 2.86. The van der Waals surface area contributed by atoms with Crippen LogP contribution in [-0.4, -0.2) is 22.1 Å². The van der Waals surface area contributed by atoms with Crippen LogP contribution in [0, 0.1) is 5.82 Å². The zero-order valence-corrected chi connectivity index (χ0v) is 11.0. The Morgan fingerprint density at radius 3 is 2.79 bits per heavy atom. The third-order valence-corrected chi connectivity index (χ3v) is 3.09. The summed E-state index contributed by atoms with van der Waals surface area (Å²) >= 11 is 0. The molecule has 19 heavy (non-hydrogen) atoms. The predicted molar refractivity (Wildman–Crippen MR) is 68.5 cm³/mol. The van der Waals surface area contributed by atoms with Gasteiger partial charge in [-0.15, -0.1) is 0 Å². The van der Waals surface area contributed by atoms with Gasteiger partial charge in [-0.1, -0.05) is 23.4 Å². The number of hydrogen-bond donors (Lipinski definition) is 1. The quantitative estimate of drug-likeness (QED) is 0.892. The molecule has 1 aromatic carbocycles. The smallest absolute Gasteiger partial charge is 0.240 e. The maximum Gasteiger partial charge on any atom is 0.240 e. The second kappa shape index (κ2) is 5.90. The van der Waals surface area contributed by atoms with E-state index in [1.165, 1.54) is 6.07 Å². The maximum absolute atomic E-state index is 13.7. The average molecular weight is 264 g/mol. The molecule has 2 rings (SSSR count). The highest BCUT2D eigenvalue weighted by molar-refractivity contribution is 5.20. The van der Waals surface area contributed by atoms with Crippen molar-refractivity contribution in [3.05, 3.63) is 47.4 Å². The molecule has 0 bridgehead atoms. The van der Waals surface area contributed by atoms with Crippen molar-refractivity contribution in [2.24, 2.45) is 5.73 Å². The highest BCUT2D eigenvalue weighted by Gasteiger charge is 2.17. The lowest BCUT2D eigenvalue weighted by Gasteiger charge is -2.23. The molecule has 0 saturated heterocycles. The van der Waals surface area contributed by atoms with Gasteiger partial charge in [0.1, 0.15) is 5.82 Å². The lowest BCUT2D eigenvalue weighted by Crippen LogP contribution is -2.23. The molecular formula is C13H17FN4O. The van der Waals surface area contributed by atoms with Gasteiger partial charge in [0.15, 0.2) is 5.82 Å². The Hall–Kier alpha value is -1.79. The Balaban J connectivity index is 2.07. The maximum atomic E-state index is 13.7. The van der Waals surface area contributed by atoms with Gasteiger partial charge in [0.25, 0.3) is 0 Å². The first-order valence-electron chi connectivity index (χ1n) is 6.08. The molecule has 0 radical (unpaired) electrons. The van der Waals surface area contributed by atoms with Gasteiger partial charge in [0.2, 0.25) is 5.89 Å². The number of halogens is 1. The number of hydrogen-bond acceptors (Lipinski definition) is 5. The lowest BCUT2D eigenvalue weighted by molar-refractivity contribution is 0.237. The molecular weight excluding hydrogens is 247 g/mol. The standard InChI is InChI=1S/C13H17FN4O/c1-9(10-5-3-4-6-11(10)14)18(2)8-12-16-13(7-15)19-17-12/h3-6,9H,7-8,15H2,1-2H3. The second-order valence-electron chi connectivity index (χ2n) is 4.42. The van der Waals surface area contributed by atoms with Crippen LogP contribution in [0.5, 0.6) is 0 Å². The van der Waals surface area contributed by atoms with Gasteiger partial charge in [-0.2, -0.15) is 4.98 Å². The van der Waals surface area contributed by atoms with E-state index in [-0.39, 0.29) is 18.4 Å². The summed E-state index contributed by atoms with van der Waals surface area (Å²) in [5.41, 5.74) is 6.05. The first-order chi connectivity index (χ1) is 9.11. The summed E-state index contributed by atoms with van der Waals surface area (Å²) in [5.74, 6) is 0.741. The third-order valence-electron chi connectivity index (χ3n) is 3.09. The Kier molecular flexibility index (Phi) is 4.24. The summed E-state index contributed by atoms with van der Waals surface area (Å²) in [7, 11) is 1.88. The van der Waals surface area contributed by atoms with Crippen molar-refractivity contribution >= 4 is 0 Å². The molecule has 5 nitrogen and oxygen atoms in total. The molecule has 1 unspecified atom stereocenters. The van der Waals surface area contributed by atoms with Crippen molar-refractivity contribution in [1.29, 1.82) is 0 Å². The van der Waals surface area contributed by atoms with Crippen molar-refractivity contribution in [1.82, 2.24) is 15.0 Å². The van der Waals surface area contributed by atoms with Crippen LogP contribution in [0.25, 0.3) is 0 Å². The summed E-state index contributed by atoms with van der Waals surface area (Å²) in [6, 6.07) is 6.65. The molecule has 1 aromatic heterocycles. The van der Waals surface area contributed by atoms with E-state index in [0.717, 1.165) is 0 Å². The summed E-state index contributed by atoms with van der Waals surface area (Å²) in [6.45, 7) is 2.63. The zero-order chi connectivity index (χ0) is 13.8. The lowest BCUT2D eigenvalue weighted by atomic mass is 10.1. The number of nitrogens with zero attached hydrogens (tertiary/aromatic N) is 3. The Morgan fingerprint density at radius 2 is 2.16 bits per heavy atom. The number of rotatable bonds is 5. The van der Waals surface area contributed by atoms with Crippen LogP contribution in [0.2, 0.25) is 0 Å². The van der Waals surface area contributed by atoms with Crippen LogP contribution in [0.15, 0.2) is 28.8 Å². The van der Waals surface area contributed by atoms with Crippen LogP contribution < -0.4 is 5.73 Å². The van der Waals surface area contributed by atoms with Crippen LogP contribution in [0.4, 0.5) is 4.39 Å². The number of aromatic nitrogens is 2. The first kappa shape index (κ1) is 13.6. The van der Waals surface area contributed by atoms with Crippen molar-refractivity contribution < 1.29 is 8.91 Å². The molecule has 0 aliphatic heterocycles. The van der Waals surface area contributed by atoms with E-state index < -0.39 is 0 Å². The minimum absolute atomic E-state index is 0.0824. The minimum Gasteiger partial charge on any atom is -0.338 e. The molecule has 102 valence electrons. The molecule has 2 aromatic rings. The first-order valence-corrected chi connectivity index (χ1v) is 6.08. The molecule has 6 heteroatoms. The summed E-state index contributed by atoms with van der Waals surface area (Å²) in [5, 5.41) is 3.82. The number of benzene rings is 1. The van der Waals surface area contributed by atoms with Gasteiger partial charge in [0.05, 0.1) is 13.1 Å². The van der Waals surface area contributed by atoms with E-state index >= 15 is 0 Å². The fraction of sp³-hybridized carbons (Fsp3) is 0.385. The molecule has 0 amide bonds. The van der Waals surface area contributed by atoms with Crippen LogP contribution in [0.1, 0.15) is 30.2 Å². The Labute approximate surface area is 111 Å². The highest BCUT2D eigenvalue weighted by atomic mass is 19.1. The second-order valence-corrected chi connectivity index (χ2v) is 4.42. The van der Waals surface area contributed by atoms with Crippen molar-refractivity contribution in [2.75, 3.05) is 7.05 Å². The molecule has 0 spiro atoms. The van der Waals surface area contributed by atoms with Crippen LogP contribution in [-0.2, 0) is 13.1 Å². The SMILES string of the molecule is CC(c1ccccc1F)N(C)Cc1noc(CN)n1. The Morgan fingerprint density at radius 1 is 1.42 bits per heavy atom. The molecule has 0 saturated carbocycles. The van der Waals surface area contributed by atoms with E-state index in [4.69, 9.17) is 10.3 Å². The van der Waals surface area contributed by atoms with Gasteiger partial charge >= 0.3 is 0 Å². The molecule has 0 aliphatic carbocycles. The molecule has 0 aliphatic rings. The monoisotopic (exact) mass is 264 g/mol.